The second kappa shape index (κ2) is 5.66. The van der Waals surface area contributed by atoms with Gasteiger partial charge in [0.15, 0.2) is 0 Å². The number of hydrogen-bond acceptors (Lipinski definition) is 4. The molecule has 2 N–H and O–H groups in total. The van der Waals surface area contributed by atoms with Crippen molar-refractivity contribution in [2.45, 2.75) is 18.9 Å². The molecule has 1 aliphatic heterocycles. The Morgan fingerprint density at radius 2 is 2.32 bits per heavy atom. The minimum atomic E-state index is -0.514. The van der Waals surface area contributed by atoms with E-state index < -0.39 is 11.0 Å². The molecule has 1 atom stereocenters. The first kappa shape index (κ1) is 13.3. The van der Waals surface area contributed by atoms with Gasteiger partial charge < -0.3 is 15.3 Å². The van der Waals surface area contributed by atoms with Crippen LogP contribution in [0.3, 0.4) is 0 Å². The number of aliphatic hydroxyl groups is 1. The third kappa shape index (κ3) is 3.41. The van der Waals surface area contributed by atoms with Crippen LogP contribution in [0.2, 0.25) is 0 Å². The predicted molar refractivity (Wildman–Crippen MR) is 68.9 cm³/mol. The summed E-state index contributed by atoms with van der Waals surface area (Å²) in [6, 6.07) is 5.42. The van der Waals surface area contributed by atoms with Gasteiger partial charge in [0.05, 0.1) is 11.0 Å². The molecular formula is C12H15N3O4. The minimum Gasteiger partial charge on any atom is -0.391 e. The summed E-state index contributed by atoms with van der Waals surface area (Å²) in [7, 11) is 0. The summed E-state index contributed by atoms with van der Waals surface area (Å²) in [5.41, 5.74) is 0.302. The van der Waals surface area contributed by atoms with E-state index in [1.165, 1.54) is 23.1 Å². The van der Waals surface area contributed by atoms with E-state index in [9.17, 15) is 20.0 Å². The van der Waals surface area contributed by atoms with Crippen molar-refractivity contribution in [2.24, 2.45) is 0 Å². The third-order valence-electron chi connectivity index (χ3n) is 2.99. The van der Waals surface area contributed by atoms with Gasteiger partial charge in [0.25, 0.3) is 5.69 Å². The lowest BCUT2D eigenvalue weighted by Gasteiger charge is -2.30. The summed E-state index contributed by atoms with van der Waals surface area (Å²) in [4.78, 5) is 23.6. The van der Waals surface area contributed by atoms with E-state index >= 15 is 0 Å². The van der Waals surface area contributed by atoms with E-state index in [2.05, 4.69) is 5.32 Å². The fourth-order valence-electron chi connectivity index (χ4n) is 2.04. The van der Waals surface area contributed by atoms with Gasteiger partial charge in [0, 0.05) is 30.9 Å². The Labute approximate surface area is 110 Å². The first-order valence-electron chi connectivity index (χ1n) is 6.05. The molecular weight excluding hydrogens is 250 g/mol. The number of nitrogens with zero attached hydrogens (tertiary/aromatic N) is 2. The van der Waals surface area contributed by atoms with Crippen LogP contribution < -0.4 is 5.32 Å². The Balaban J connectivity index is 2.02. The van der Waals surface area contributed by atoms with Crippen molar-refractivity contribution in [3.05, 3.63) is 34.4 Å². The fourth-order valence-corrected chi connectivity index (χ4v) is 2.04. The van der Waals surface area contributed by atoms with Gasteiger partial charge in [-0.1, -0.05) is 6.07 Å². The Morgan fingerprint density at radius 1 is 1.53 bits per heavy atom. The van der Waals surface area contributed by atoms with Gasteiger partial charge >= 0.3 is 6.03 Å². The van der Waals surface area contributed by atoms with Crippen molar-refractivity contribution in [3.63, 3.8) is 0 Å². The lowest BCUT2D eigenvalue weighted by atomic mass is 10.1. The predicted octanol–water partition coefficient (Wildman–Crippen LogP) is 1.58. The number of nitro benzene ring substituents is 1. The van der Waals surface area contributed by atoms with E-state index in [0.717, 1.165) is 6.42 Å². The molecule has 0 unspecified atom stereocenters. The first-order chi connectivity index (χ1) is 9.06. The van der Waals surface area contributed by atoms with Crippen molar-refractivity contribution >= 4 is 17.4 Å². The lowest BCUT2D eigenvalue weighted by molar-refractivity contribution is -0.384. The van der Waals surface area contributed by atoms with E-state index in [1.807, 2.05) is 0 Å². The minimum absolute atomic E-state index is 0.0727. The average Bonchev–Trinajstić information content (AvgIpc) is 2.39. The molecule has 1 aromatic rings. The SMILES string of the molecule is O=C(Nc1cccc([N+](=O)[O-])c1)N1CCC[C@H](O)C1. The van der Waals surface area contributed by atoms with Crippen molar-refractivity contribution in [1.29, 1.82) is 0 Å². The molecule has 0 radical (unpaired) electrons. The van der Waals surface area contributed by atoms with Gasteiger partial charge in [-0.2, -0.15) is 0 Å². The van der Waals surface area contributed by atoms with Crippen LogP contribution in [0.25, 0.3) is 0 Å². The van der Waals surface area contributed by atoms with Gasteiger partial charge in [-0.25, -0.2) is 4.79 Å². The first-order valence-corrected chi connectivity index (χ1v) is 6.05. The highest BCUT2D eigenvalue weighted by atomic mass is 16.6. The Morgan fingerprint density at radius 3 is 3.00 bits per heavy atom. The summed E-state index contributed by atoms with van der Waals surface area (Å²) < 4.78 is 0. The van der Waals surface area contributed by atoms with Crippen LogP contribution in [0.15, 0.2) is 24.3 Å². The number of piperidine rings is 1. The molecule has 1 aliphatic rings. The topological polar surface area (TPSA) is 95.7 Å². The number of carbonyl (C=O) groups excluding carboxylic acids is 1. The lowest BCUT2D eigenvalue weighted by Crippen LogP contribution is -2.44. The molecule has 19 heavy (non-hydrogen) atoms. The van der Waals surface area contributed by atoms with Crippen molar-refractivity contribution in [1.82, 2.24) is 4.90 Å². The third-order valence-corrected chi connectivity index (χ3v) is 2.99. The van der Waals surface area contributed by atoms with Crippen LogP contribution in [0.5, 0.6) is 0 Å². The maximum Gasteiger partial charge on any atom is 0.321 e. The van der Waals surface area contributed by atoms with Gasteiger partial charge in [0.1, 0.15) is 0 Å². The molecule has 2 amide bonds. The Kier molecular flexibility index (Phi) is 3.96. The average molecular weight is 265 g/mol. The molecule has 0 saturated carbocycles. The van der Waals surface area contributed by atoms with Gasteiger partial charge in [-0.3, -0.25) is 10.1 Å². The highest BCUT2D eigenvalue weighted by Crippen LogP contribution is 2.18. The molecule has 1 aromatic carbocycles. The molecule has 0 aliphatic carbocycles. The van der Waals surface area contributed by atoms with E-state index in [-0.39, 0.29) is 11.7 Å². The number of nitrogens with one attached hydrogen (secondary N) is 1. The van der Waals surface area contributed by atoms with Crippen molar-refractivity contribution < 1.29 is 14.8 Å². The summed E-state index contributed by atoms with van der Waals surface area (Å²) in [6.07, 6.45) is 0.953. The molecule has 7 nitrogen and oxygen atoms in total. The summed E-state index contributed by atoms with van der Waals surface area (Å²) in [5, 5.41) is 22.7. The van der Waals surface area contributed by atoms with Gasteiger partial charge in [-0.05, 0) is 18.9 Å². The highest BCUT2D eigenvalue weighted by molar-refractivity contribution is 5.89. The molecule has 0 aromatic heterocycles. The van der Waals surface area contributed by atoms with E-state index in [1.54, 1.807) is 6.07 Å². The van der Waals surface area contributed by atoms with Crippen molar-refractivity contribution in [3.8, 4) is 0 Å². The van der Waals surface area contributed by atoms with Crippen LogP contribution in [0.4, 0.5) is 16.2 Å². The smallest absolute Gasteiger partial charge is 0.321 e. The molecule has 1 heterocycles. The van der Waals surface area contributed by atoms with Crippen molar-refractivity contribution in [2.75, 3.05) is 18.4 Å². The zero-order valence-electron chi connectivity index (χ0n) is 10.3. The number of nitro groups is 1. The van der Waals surface area contributed by atoms with Crippen LogP contribution in [0.1, 0.15) is 12.8 Å². The quantitative estimate of drug-likeness (QED) is 0.626. The maximum atomic E-state index is 11.9. The zero-order chi connectivity index (χ0) is 13.8. The Hall–Kier alpha value is -2.15. The number of hydrogen-bond donors (Lipinski definition) is 2. The second-order valence-corrected chi connectivity index (χ2v) is 4.48. The van der Waals surface area contributed by atoms with Gasteiger partial charge in [0.2, 0.25) is 0 Å². The molecule has 7 heteroatoms. The number of likely N-dealkylation sites (tertiary alicyclic amines) is 1. The number of β-amino-alcohol motifs (C(OH)–C–C–N with tert-alkyl or cyclic N) is 1. The number of benzene rings is 1. The molecule has 0 spiro atoms. The number of urea groups is 1. The normalized spacial score (nSPS) is 19.0. The summed E-state index contributed by atoms with van der Waals surface area (Å²) >= 11 is 0. The monoisotopic (exact) mass is 265 g/mol. The number of amides is 2. The highest BCUT2D eigenvalue weighted by Gasteiger charge is 2.22. The Bertz CT molecular complexity index is 492. The number of carbonyl (C=O) groups is 1. The van der Waals surface area contributed by atoms with Gasteiger partial charge in [-0.15, -0.1) is 0 Å². The van der Waals surface area contributed by atoms with E-state index in [4.69, 9.17) is 0 Å². The molecule has 2 rings (SSSR count). The number of anilines is 1. The number of rotatable bonds is 2. The van der Waals surface area contributed by atoms with Crippen LogP contribution in [0, 0.1) is 10.1 Å². The maximum absolute atomic E-state index is 11.9. The number of non-ortho nitro benzene ring substituents is 1. The van der Waals surface area contributed by atoms with E-state index in [0.29, 0.717) is 25.2 Å². The molecule has 1 saturated heterocycles. The molecule has 1 fully saturated rings. The molecule has 0 bridgehead atoms. The largest absolute Gasteiger partial charge is 0.391 e. The summed E-state index contributed by atoms with van der Waals surface area (Å²) in [6.45, 7) is 0.874. The van der Waals surface area contributed by atoms with Crippen LogP contribution in [-0.4, -0.2) is 40.2 Å². The fraction of sp³-hybridized carbons (Fsp3) is 0.417. The summed E-state index contributed by atoms with van der Waals surface area (Å²) in [5.74, 6) is 0. The zero-order valence-corrected chi connectivity index (χ0v) is 10.3. The number of aliphatic hydroxyl groups excluding tert-OH is 1. The second-order valence-electron chi connectivity index (χ2n) is 4.48. The molecule has 102 valence electrons. The standard InChI is InChI=1S/C12H15N3O4/c16-11-5-2-6-14(8-11)12(17)13-9-3-1-4-10(7-9)15(18)19/h1,3-4,7,11,16H,2,5-6,8H2,(H,13,17)/t11-/m0/s1. The van der Waals surface area contributed by atoms with Crippen LogP contribution in [-0.2, 0) is 0 Å². The van der Waals surface area contributed by atoms with Crippen LogP contribution >= 0.6 is 0 Å².